The third-order valence-corrected chi connectivity index (χ3v) is 5.54. The number of carbonyl (C=O) groups is 2. The third-order valence-electron chi connectivity index (χ3n) is 5.32. The normalized spacial score (nSPS) is 15.0. The van der Waals surface area contributed by atoms with E-state index >= 15 is 0 Å². The fourth-order valence-corrected chi connectivity index (χ4v) is 3.53. The molecule has 0 bridgehead atoms. The zero-order chi connectivity index (χ0) is 20.4. The van der Waals surface area contributed by atoms with Crippen molar-refractivity contribution in [3.63, 3.8) is 0 Å². The summed E-state index contributed by atoms with van der Waals surface area (Å²) in [5.74, 6) is -0.0136. The number of carbonyl (C=O) groups excluding carboxylic acids is 2. The van der Waals surface area contributed by atoms with E-state index in [4.69, 9.17) is 17.3 Å². The Morgan fingerprint density at radius 3 is 2.39 bits per heavy atom. The van der Waals surface area contributed by atoms with E-state index < -0.39 is 0 Å². The van der Waals surface area contributed by atoms with Gasteiger partial charge in [-0.1, -0.05) is 23.7 Å². The van der Waals surface area contributed by atoms with Crippen LogP contribution < -0.4 is 16.4 Å². The van der Waals surface area contributed by atoms with E-state index in [0.717, 1.165) is 12.8 Å². The lowest BCUT2D eigenvalue weighted by Gasteiger charge is -2.31. The number of hydrogen-bond donors (Lipinski definition) is 3. The molecule has 1 fully saturated rings. The van der Waals surface area contributed by atoms with E-state index in [2.05, 4.69) is 15.6 Å². The van der Waals surface area contributed by atoms with Gasteiger partial charge in [-0.3, -0.25) is 9.59 Å². The molecular weight excluding hydrogens is 376 g/mol. The highest BCUT2D eigenvalue weighted by Crippen LogP contribution is 2.54. The molecule has 1 aliphatic rings. The first-order valence-corrected chi connectivity index (χ1v) is 9.68. The average molecular weight is 401 g/mol. The molecule has 148 valence electrons. The fraction of sp³-hybridized carbons (Fsp3) is 0.381. The molecule has 0 saturated heterocycles. The largest absolute Gasteiger partial charge is 0.352 e. The minimum atomic E-state index is -0.289. The van der Waals surface area contributed by atoms with Gasteiger partial charge >= 0.3 is 0 Å². The number of benzene rings is 1. The minimum Gasteiger partial charge on any atom is -0.352 e. The first-order valence-electron chi connectivity index (χ1n) is 9.30. The number of aromatic nitrogens is 1. The Labute approximate surface area is 169 Å². The van der Waals surface area contributed by atoms with Crippen LogP contribution >= 0.6 is 11.6 Å². The number of nitrogens with one attached hydrogen (secondary N) is 2. The Morgan fingerprint density at radius 1 is 1.18 bits per heavy atom. The number of amides is 2. The van der Waals surface area contributed by atoms with Crippen LogP contribution in [0.2, 0.25) is 5.02 Å². The zero-order valence-corrected chi connectivity index (χ0v) is 16.8. The summed E-state index contributed by atoms with van der Waals surface area (Å²) in [5, 5.41) is 5.92. The Morgan fingerprint density at radius 2 is 1.86 bits per heavy atom. The fourth-order valence-electron chi connectivity index (χ4n) is 3.42. The smallest absolute Gasteiger partial charge is 0.251 e. The predicted octanol–water partition coefficient (Wildman–Crippen LogP) is 3.26. The molecule has 0 spiro atoms. The lowest BCUT2D eigenvalue weighted by Crippen LogP contribution is -2.45. The Kier molecular flexibility index (Phi) is 5.72. The van der Waals surface area contributed by atoms with Crippen LogP contribution in [0.5, 0.6) is 0 Å². The van der Waals surface area contributed by atoms with Crippen molar-refractivity contribution in [3.05, 3.63) is 58.7 Å². The average Bonchev–Trinajstić information content (AvgIpc) is 3.46. The quantitative estimate of drug-likeness (QED) is 0.664. The number of nitrogens with two attached hydrogens (primary N) is 1. The summed E-state index contributed by atoms with van der Waals surface area (Å²) < 4.78 is 0. The van der Waals surface area contributed by atoms with Crippen LogP contribution in [-0.4, -0.2) is 28.9 Å². The maximum atomic E-state index is 12.3. The monoisotopic (exact) mass is 400 g/mol. The molecule has 7 heteroatoms. The van der Waals surface area contributed by atoms with Crippen molar-refractivity contribution >= 4 is 29.2 Å². The molecule has 28 heavy (non-hydrogen) atoms. The van der Waals surface area contributed by atoms with Gasteiger partial charge in [-0.25, -0.2) is 4.98 Å². The van der Waals surface area contributed by atoms with Crippen LogP contribution in [0.15, 0.2) is 42.6 Å². The molecule has 1 aliphatic carbocycles. The third kappa shape index (κ3) is 4.51. The second kappa shape index (κ2) is 7.89. The van der Waals surface area contributed by atoms with E-state index in [-0.39, 0.29) is 35.7 Å². The van der Waals surface area contributed by atoms with Crippen molar-refractivity contribution < 1.29 is 9.59 Å². The van der Waals surface area contributed by atoms with Crippen LogP contribution in [0.1, 0.15) is 49.0 Å². The van der Waals surface area contributed by atoms with Gasteiger partial charge in [0.05, 0.1) is 5.02 Å². The van der Waals surface area contributed by atoms with Crippen LogP contribution in [0.3, 0.4) is 0 Å². The Bertz CT molecular complexity index is 853. The van der Waals surface area contributed by atoms with Gasteiger partial charge in [-0.15, -0.1) is 0 Å². The molecule has 1 heterocycles. The summed E-state index contributed by atoms with van der Waals surface area (Å²) in [6, 6.07) is 10.9. The molecule has 1 aromatic carbocycles. The molecule has 0 radical (unpaired) electrons. The Hall–Kier alpha value is -2.44. The number of anilines is 1. The summed E-state index contributed by atoms with van der Waals surface area (Å²) in [7, 11) is 0. The van der Waals surface area contributed by atoms with Crippen molar-refractivity contribution in [3.8, 4) is 0 Å². The van der Waals surface area contributed by atoms with Crippen molar-refractivity contribution in [2.75, 3.05) is 11.9 Å². The van der Waals surface area contributed by atoms with Gasteiger partial charge in [0.15, 0.2) is 0 Å². The molecule has 0 aliphatic heterocycles. The molecule has 1 aromatic heterocycles. The van der Waals surface area contributed by atoms with E-state index in [0.29, 0.717) is 16.4 Å². The summed E-state index contributed by atoms with van der Waals surface area (Å²) in [4.78, 5) is 28.2. The van der Waals surface area contributed by atoms with Gasteiger partial charge in [0.1, 0.15) is 5.82 Å². The number of hydrogen-bond acceptors (Lipinski definition) is 4. The SMILES string of the molecule is CC(C)(N)C1(c2ccc(C(=O)NCCC(=O)Nc3ccc(Cl)cn3)cc2)CC1. The van der Waals surface area contributed by atoms with Gasteiger partial charge in [-0.05, 0) is 56.5 Å². The standard InChI is InChI=1S/C21H25ClN4O2/c1-20(2,23)21(10-11-21)15-5-3-14(4-6-15)19(28)24-12-9-18(27)26-17-8-7-16(22)13-25-17/h3-8,13H,9-12,23H2,1-2H3,(H,24,28)(H,25,26,27). The van der Waals surface area contributed by atoms with Crippen molar-refractivity contribution in [2.45, 2.75) is 44.1 Å². The van der Waals surface area contributed by atoms with E-state index in [9.17, 15) is 9.59 Å². The van der Waals surface area contributed by atoms with Gasteiger partial charge in [0.25, 0.3) is 5.91 Å². The van der Waals surface area contributed by atoms with Crippen molar-refractivity contribution in [1.29, 1.82) is 0 Å². The van der Waals surface area contributed by atoms with Crippen LogP contribution in [0.25, 0.3) is 0 Å². The lowest BCUT2D eigenvalue weighted by molar-refractivity contribution is -0.116. The zero-order valence-electron chi connectivity index (χ0n) is 16.1. The summed E-state index contributed by atoms with van der Waals surface area (Å²) >= 11 is 5.76. The summed E-state index contributed by atoms with van der Waals surface area (Å²) in [6.07, 6.45) is 3.75. The van der Waals surface area contributed by atoms with E-state index in [1.54, 1.807) is 12.1 Å². The lowest BCUT2D eigenvalue weighted by atomic mass is 9.79. The highest BCUT2D eigenvalue weighted by atomic mass is 35.5. The molecule has 1 saturated carbocycles. The van der Waals surface area contributed by atoms with Gasteiger partial charge < -0.3 is 16.4 Å². The molecular formula is C21H25ClN4O2. The van der Waals surface area contributed by atoms with Gasteiger partial charge in [0.2, 0.25) is 5.91 Å². The van der Waals surface area contributed by atoms with E-state index in [1.165, 1.54) is 11.8 Å². The second-order valence-electron chi connectivity index (χ2n) is 7.80. The highest BCUT2D eigenvalue weighted by Gasteiger charge is 2.53. The number of rotatable bonds is 7. The number of halogens is 1. The first-order chi connectivity index (χ1) is 13.2. The molecule has 0 atom stereocenters. The van der Waals surface area contributed by atoms with Crippen molar-refractivity contribution in [2.24, 2.45) is 5.73 Å². The molecule has 3 rings (SSSR count). The van der Waals surface area contributed by atoms with Gasteiger partial charge in [-0.2, -0.15) is 0 Å². The van der Waals surface area contributed by atoms with E-state index in [1.807, 2.05) is 38.1 Å². The minimum absolute atomic E-state index is 0.00972. The Balaban J connectivity index is 1.48. The first kappa shape index (κ1) is 20.3. The molecule has 6 nitrogen and oxygen atoms in total. The number of nitrogens with zero attached hydrogens (tertiary/aromatic N) is 1. The van der Waals surface area contributed by atoms with Crippen molar-refractivity contribution in [1.82, 2.24) is 10.3 Å². The van der Waals surface area contributed by atoms with Crippen LogP contribution in [-0.2, 0) is 10.2 Å². The van der Waals surface area contributed by atoms with Crippen LogP contribution in [0, 0.1) is 0 Å². The predicted molar refractivity (Wildman–Crippen MR) is 110 cm³/mol. The second-order valence-corrected chi connectivity index (χ2v) is 8.23. The molecule has 4 N–H and O–H groups in total. The number of pyridine rings is 1. The topological polar surface area (TPSA) is 97.1 Å². The molecule has 0 unspecified atom stereocenters. The maximum absolute atomic E-state index is 12.3. The maximum Gasteiger partial charge on any atom is 0.251 e. The molecule has 2 aromatic rings. The van der Waals surface area contributed by atoms with Crippen LogP contribution in [0.4, 0.5) is 5.82 Å². The molecule has 2 amide bonds. The summed E-state index contributed by atoms with van der Waals surface area (Å²) in [5.41, 5.74) is 7.79. The highest BCUT2D eigenvalue weighted by molar-refractivity contribution is 6.30. The summed E-state index contributed by atoms with van der Waals surface area (Å²) in [6.45, 7) is 4.33. The van der Waals surface area contributed by atoms with Gasteiger partial charge in [0, 0.05) is 35.7 Å².